The Balaban J connectivity index is 2.13. The van der Waals surface area contributed by atoms with Gasteiger partial charge >= 0.3 is 0 Å². The second-order valence-electron chi connectivity index (χ2n) is 5.12. The van der Waals surface area contributed by atoms with Crippen LogP contribution in [-0.2, 0) is 10.0 Å². The van der Waals surface area contributed by atoms with Crippen molar-refractivity contribution in [3.63, 3.8) is 0 Å². The summed E-state index contributed by atoms with van der Waals surface area (Å²) in [5.74, 6) is 0.448. The molecular formula is C15H16N4O3S. The molecule has 0 unspecified atom stereocenters. The van der Waals surface area contributed by atoms with Crippen LogP contribution in [0.15, 0.2) is 47.9 Å². The summed E-state index contributed by atoms with van der Waals surface area (Å²) in [7, 11) is 0.969. The molecule has 0 fully saturated rings. The minimum atomic E-state index is -3.52. The summed E-state index contributed by atoms with van der Waals surface area (Å²) in [6.07, 6.45) is 5.14. The number of methoxy groups -OCH3 is 1. The van der Waals surface area contributed by atoms with Crippen LogP contribution in [0.25, 0.3) is 16.9 Å². The van der Waals surface area contributed by atoms with E-state index in [1.807, 2.05) is 6.20 Å². The van der Waals surface area contributed by atoms with Crippen LogP contribution < -0.4 is 4.74 Å². The maximum Gasteiger partial charge on any atom is 0.242 e. The lowest BCUT2D eigenvalue weighted by atomic mass is 10.1. The number of aromatic nitrogens is 3. The van der Waals surface area contributed by atoms with E-state index >= 15 is 0 Å². The first kappa shape index (κ1) is 15.4. The van der Waals surface area contributed by atoms with Crippen molar-refractivity contribution in [2.24, 2.45) is 0 Å². The van der Waals surface area contributed by atoms with Gasteiger partial charge < -0.3 is 4.74 Å². The van der Waals surface area contributed by atoms with E-state index in [4.69, 9.17) is 4.74 Å². The van der Waals surface area contributed by atoms with Crippen molar-refractivity contribution < 1.29 is 13.2 Å². The number of rotatable bonds is 4. The third kappa shape index (κ3) is 2.66. The van der Waals surface area contributed by atoms with Crippen LogP contribution in [0.2, 0.25) is 0 Å². The summed E-state index contributed by atoms with van der Waals surface area (Å²) >= 11 is 0. The Morgan fingerprint density at radius 3 is 2.65 bits per heavy atom. The lowest BCUT2D eigenvalue weighted by Crippen LogP contribution is -2.22. The van der Waals surface area contributed by atoms with E-state index < -0.39 is 10.0 Å². The zero-order valence-electron chi connectivity index (χ0n) is 13.0. The van der Waals surface area contributed by atoms with Crippen molar-refractivity contribution in [1.82, 2.24) is 18.7 Å². The summed E-state index contributed by atoms with van der Waals surface area (Å²) in [4.78, 5) is 8.71. The Bertz CT molecular complexity index is 931. The number of sulfonamides is 1. The van der Waals surface area contributed by atoms with Crippen molar-refractivity contribution in [2.45, 2.75) is 4.90 Å². The highest BCUT2D eigenvalue weighted by molar-refractivity contribution is 7.89. The number of fused-ring (bicyclic) bond motifs is 1. The predicted molar refractivity (Wildman–Crippen MR) is 85.8 cm³/mol. The highest BCUT2D eigenvalue weighted by Gasteiger charge is 2.20. The molecule has 3 rings (SSSR count). The lowest BCUT2D eigenvalue weighted by Gasteiger charge is -2.13. The van der Waals surface area contributed by atoms with E-state index in [1.54, 1.807) is 35.1 Å². The van der Waals surface area contributed by atoms with Gasteiger partial charge in [0.15, 0.2) is 0 Å². The number of hydrogen-bond donors (Lipinski definition) is 0. The average molecular weight is 332 g/mol. The first-order chi connectivity index (χ1) is 10.9. The standard InChI is InChI=1S/C15H16N4O3S/c1-18(2)23(20,21)11-4-5-12(14(8-11)22-3)13-9-19-10-16-7-6-15(19)17-13/h4-10H,1-3H3. The monoisotopic (exact) mass is 332 g/mol. The van der Waals surface area contributed by atoms with Crippen LogP contribution in [0.4, 0.5) is 0 Å². The van der Waals surface area contributed by atoms with Gasteiger partial charge in [-0.25, -0.2) is 22.7 Å². The fraction of sp³-hybridized carbons (Fsp3) is 0.200. The summed E-state index contributed by atoms with van der Waals surface area (Å²) in [6, 6.07) is 6.55. The number of nitrogens with zero attached hydrogens (tertiary/aromatic N) is 4. The molecule has 0 atom stereocenters. The number of ether oxygens (including phenoxy) is 1. The quantitative estimate of drug-likeness (QED) is 0.726. The van der Waals surface area contributed by atoms with Gasteiger partial charge in [0.1, 0.15) is 17.7 Å². The minimum Gasteiger partial charge on any atom is -0.496 e. The van der Waals surface area contributed by atoms with Gasteiger partial charge in [0.05, 0.1) is 17.7 Å². The Labute approximate surface area is 134 Å². The number of hydrogen-bond acceptors (Lipinski definition) is 5. The Morgan fingerprint density at radius 1 is 1.22 bits per heavy atom. The van der Waals surface area contributed by atoms with Crippen LogP contribution in [0, 0.1) is 0 Å². The largest absolute Gasteiger partial charge is 0.496 e. The first-order valence-corrected chi connectivity index (χ1v) is 8.27. The number of benzene rings is 1. The highest BCUT2D eigenvalue weighted by Crippen LogP contribution is 2.32. The van der Waals surface area contributed by atoms with Gasteiger partial charge in [-0.1, -0.05) is 0 Å². The van der Waals surface area contributed by atoms with Crippen molar-refractivity contribution in [2.75, 3.05) is 21.2 Å². The van der Waals surface area contributed by atoms with Gasteiger partial charge in [0, 0.05) is 38.1 Å². The fourth-order valence-electron chi connectivity index (χ4n) is 2.23. The zero-order chi connectivity index (χ0) is 16.6. The molecule has 120 valence electrons. The zero-order valence-corrected chi connectivity index (χ0v) is 13.8. The SMILES string of the molecule is COc1cc(S(=O)(=O)N(C)C)ccc1-c1cn2cnccc2n1. The molecule has 0 bridgehead atoms. The molecule has 23 heavy (non-hydrogen) atoms. The molecule has 0 N–H and O–H groups in total. The molecular weight excluding hydrogens is 316 g/mol. The second-order valence-corrected chi connectivity index (χ2v) is 7.27. The third-order valence-electron chi connectivity index (χ3n) is 3.49. The maximum atomic E-state index is 12.2. The Morgan fingerprint density at radius 2 is 2.00 bits per heavy atom. The van der Waals surface area contributed by atoms with Crippen molar-refractivity contribution in [1.29, 1.82) is 0 Å². The molecule has 0 saturated heterocycles. The molecule has 0 saturated carbocycles. The Kier molecular flexibility index (Phi) is 3.78. The molecule has 7 nitrogen and oxygen atoms in total. The van der Waals surface area contributed by atoms with Crippen molar-refractivity contribution in [3.8, 4) is 17.0 Å². The molecule has 0 aliphatic rings. The van der Waals surface area contributed by atoms with Crippen LogP contribution >= 0.6 is 0 Å². The highest BCUT2D eigenvalue weighted by atomic mass is 32.2. The molecule has 0 aliphatic carbocycles. The van der Waals surface area contributed by atoms with Crippen LogP contribution in [0.5, 0.6) is 5.75 Å². The summed E-state index contributed by atoms with van der Waals surface area (Å²) in [5.41, 5.74) is 2.15. The number of imidazole rings is 1. The van der Waals surface area contributed by atoms with Crippen LogP contribution in [0.3, 0.4) is 0 Å². The molecule has 0 aliphatic heterocycles. The summed E-state index contributed by atoms with van der Waals surface area (Å²) in [5, 5.41) is 0. The lowest BCUT2D eigenvalue weighted by molar-refractivity contribution is 0.414. The smallest absolute Gasteiger partial charge is 0.242 e. The van der Waals surface area contributed by atoms with Gasteiger partial charge in [0.25, 0.3) is 0 Å². The molecule has 0 amide bonds. The van der Waals surface area contributed by atoms with E-state index in [0.29, 0.717) is 17.0 Å². The molecule has 1 aromatic carbocycles. The van der Waals surface area contributed by atoms with Crippen LogP contribution in [-0.4, -0.2) is 48.3 Å². The normalized spacial score (nSPS) is 12.0. The van der Waals surface area contributed by atoms with E-state index in [2.05, 4.69) is 9.97 Å². The fourth-order valence-corrected chi connectivity index (χ4v) is 3.15. The molecule has 3 aromatic rings. The van der Waals surface area contributed by atoms with Crippen molar-refractivity contribution >= 4 is 15.7 Å². The topological polar surface area (TPSA) is 76.8 Å². The van der Waals surface area contributed by atoms with Gasteiger partial charge in [-0.3, -0.25) is 4.40 Å². The van der Waals surface area contributed by atoms with Gasteiger partial charge in [-0.2, -0.15) is 0 Å². The molecule has 2 heterocycles. The molecule has 2 aromatic heterocycles. The van der Waals surface area contributed by atoms with Crippen molar-refractivity contribution in [3.05, 3.63) is 43.0 Å². The van der Waals surface area contributed by atoms with Gasteiger partial charge in [-0.15, -0.1) is 0 Å². The third-order valence-corrected chi connectivity index (χ3v) is 5.30. The van der Waals surface area contributed by atoms with Crippen LogP contribution in [0.1, 0.15) is 0 Å². The van der Waals surface area contributed by atoms with E-state index in [0.717, 1.165) is 9.95 Å². The summed E-state index contributed by atoms with van der Waals surface area (Å²) in [6.45, 7) is 0. The predicted octanol–water partition coefficient (Wildman–Crippen LogP) is 1.66. The maximum absolute atomic E-state index is 12.2. The summed E-state index contributed by atoms with van der Waals surface area (Å²) < 4.78 is 32.8. The van der Waals surface area contributed by atoms with E-state index in [1.165, 1.54) is 27.3 Å². The van der Waals surface area contributed by atoms with Gasteiger partial charge in [0.2, 0.25) is 10.0 Å². The molecule has 0 radical (unpaired) electrons. The first-order valence-electron chi connectivity index (χ1n) is 6.83. The Hall–Kier alpha value is -2.45. The molecule has 0 spiro atoms. The molecule has 8 heteroatoms. The van der Waals surface area contributed by atoms with Gasteiger partial charge in [-0.05, 0) is 18.2 Å². The van der Waals surface area contributed by atoms with E-state index in [-0.39, 0.29) is 4.90 Å². The second kappa shape index (κ2) is 5.64. The minimum absolute atomic E-state index is 0.175. The van der Waals surface area contributed by atoms with E-state index in [9.17, 15) is 8.42 Å². The average Bonchev–Trinajstić information content (AvgIpc) is 2.97.